The monoisotopic (exact) mass is 525 g/mol. The molecule has 2 N–H and O–H groups in total. The first kappa shape index (κ1) is 24.9. The van der Waals surface area contributed by atoms with Crippen LogP contribution in [0.1, 0.15) is 25.3 Å². The van der Waals surface area contributed by atoms with Crippen molar-refractivity contribution in [1.82, 2.24) is 10.3 Å². The summed E-state index contributed by atoms with van der Waals surface area (Å²) in [6.45, 7) is 2.96. The van der Waals surface area contributed by atoms with Crippen molar-refractivity contribution in [1.29, 1.82) is 0 Å². The Balaban J connectivity index is 1.51. The standard InChI is InChI=1S/C24H23ClF3N3OS2/c1-2-29-21-5-3-4-15(14-6-7-18(26)19(27)8-14)16(21)11-32-22-10-20(28)23(9-17(22)25)34-31-24-12-33-13-30-24/h4,6-10,12-13,16,21,29,31H,2-3,5,11H2,1H3. The maximum atomic E-state index is 14.7. The molecule has 1 heterocycles. The van der Waals surface area contributed by atoms with E-state index >= 15 is 0 Å². The van der Waals surface area contributed by atoms with Crippen LogP contribution in [0.5, 0.6) is 5.75 Å². The van der Waals surface area contributed by atoms with E-state index in [9.17, 15) is 13.2 Å². The predicted octanol–water partition coefficient (Wildman–Crippen LogP) is 7.18. The van der Waals surface area contributed by atoms with Gasteiger partial charge in [0, 0.05) is 23.4 Å². The van der Waals surface area contributed by atoms with Gasteiger partial charge in [-0.05, 0) is 60.7 Å². The minimum Gasteiger partial charge on any atom is -0.491 e. The molecule has 1 aliphatic rings. The van der Waals surface area contributed by atoms with Crippen molar-refractivity contribution in [3.05, 3.63) is 75.3 Å². The molecule has 0 amide bonds. The molecule has 0 saturated carbocycles. The number of hydrogen-bond acceptors (Lipinski definition) is 6. The van der Waals surface area contributed by atoms with E-state index < -0.39 is 17.5 Å². The Morgan fingerprint density at radius 2 is 2.03 bits per heavy atom. The largest absolute Gasteiger partial charge is 0.491 e. The Kier molecular flexibility index (Phi) is 8.41. The number of anilines is 1. The van der Waals surface area contributed by atoms with Crippen LogP contribution < -0.4 is 14.8 Å². The fraction of sp³-hybridized carbons (Fsp3) is 0.292. The van der Waals surface area contributed by atoms with E-state index in [2.05, 4.69) is 15.0 Å². The van der Waals surface area contributed by atoms with Gasteiger partial charge in [0.2, 0.25) is 0 Å². The van der Waals surface area contributed by atoms with Crippen molar-refractivity contribution in [2.24, 2.45) is 5.92 Å². The van der Waals surface area contributed by atoms with Crippen LogP contribution in [0.25, 0.3) is 5.57 Å². The maximum Gasteiger partial charge on any atom is 0.159 e. The minimum atomic E-state index is -0.895. The van der Waals surface area contributed by atoms with Gasteiger partial charge in [-0.3, -0.25) is 0 Å². The molecule has 0 fully saturated rings. The van der Waals surface area contributed by atoms with Gasteiger partial charge in [-0.1, -0.05) is 30.7 Å². The number of nitrogens with zero attached hydrogens (tertiary/aromatic N) is 1. The fourth-order valence-electron chi connectivity index (χ4n) is 3.96. The average molecular weight is 526 g/mol. The number of halogens is 4. The van der Waals surface area contributed by atoms with Crippen LogP contribution in [0, 0.1) is 23.4 Å². The Labute approximate surface area is 209 Å². The lowest BCUT2D eigenvalue weighted by molar-refractivity contribution is 0.236. The zero-order chi connectivity index (χ0) is 24.1. The lowest BCUT2D eigenvalue weighted by Crippen LogP contribution is -2.41. The van der Waals surface area contributed by atoms with Crippen LogP contribution in [0.15, 0.2) is 52.2 Å². The van der Waals surface area contributed by atoms with Crippen LogP contribution in [-0.2, 0) is 0 Å². The summed E-state index contributed by atoms with van der Waals surface area (Å²) >= 11 is 8.91. The molecule has 4 nitrogen and oxygen atoms in total. The molecular weight excluding hydrogens is 503 g/mol. The normalized spacial score (nSPS) is 18.0. The van der Waals surface area contributed by atoms with Crippen molar-refractivity contribution >= 4 is 46.3 Å². The highest BCUT2D eigenvalue weighted by Gasteiger charge is 2.30. The minimum absolute atomic E-state index is 0.0684. The average Bonchev–Trinajstić information content (AvgIpc) is 3.34. The first-order valence-corrected chi connectivity index (χ1v) is 12.9. The van der Waals surface area contributed by atoms with Gasteiger partial charge in [0.1, 0.15) is 17.4 Å². The summed E-state index contributed by atoms with van der Waals surface area (Å²) in [4.78, 5) is 4.41. The first-order chi connectivity index (χ1) is 16.5. The topological polar surface area (TPSA) is 46.2 Å². The van der Waals surface area contributed by atoms with Crippen molar-refractivity contribution in [3.63, 3.8) is 0 Å². The molecule has 0 saturated heterocycles. The number of allylic oxidation sites excluding steroid dienone is 1. The molecule has 180 valence electrons. The number of thiazole rings is 1. The van der Waals surface area contributed by atoms with E-state index in [-0.39, 0.29) is 29.3 Å². The van der Waals surface area contributed by atoms with Gasteiger partial charge in [0.05, 0.1) is 22.0 Å². The van der Waals surface area contributed by atoms with Crippen LogP contribution in [0.4, 0.5) is 19.0 Å². The molecule has 0 bridgehead atoms. The van der Waals surface area contributed by atoms with Gasteiger partial charge in [-0.25, -0.2) is 18.2 Å². The van der Waals surface area contributed by atoms with E-state index in [1.807, 2.05) is 18.4 Å². The summed E-state index contributed by atoms with van der Waals surface area (Å²) in [6, 6.07) is 6.74. The van der Waals surface area contributed by atoms with Gasteiger partial charge in [0.25, 0.3) is 0 Å². The second kappa shape index (κ2) is 11.5. The Hall–Kier alpha value is -2.20. The number of nitrogens with one attached hydrogen (secondary N) is 2. The number of ether oxygens (including phenoxy) is 1. The molecule has 10 heteroatoms. The SMILES string of the molecule is CCNC1CCC=C(c2ccc(F)c(F)c2)C1COc1cc(F)c(SNc2cscn2)cc1Cl. The van der Waals surface area contributed by atoms with Gasteiger partial charge in [0.15, 0.2) is 11.6 Å². The fourth-order valence-corrected chi connectivity index (χ4v) is 5.46. The quantitative estimate of drug-likeness (QED) is 0.290. The molecular formula is C24H23ClF3N3OS2. The Bertz CT molecular complexity index is 1160. The van der Waals surface area contributed by atoms with Crippen LogP contribution in [0.2, 0.25) is 5.02 Å². The summed E-state index contributed by atoms with van der Waals surface area (Å²) in [7, 11) is 0. The summed E-state index contributed by atoms with van der Waals surface area (Å²) < 4.78 is 51.1. The predicted molar refractivity (Wildman–Crippen MR) is 133 cm³/mol. The van der Waals surface area contributed by atoms with E-state index in [1.54, 1.807) is 11.6 Å². The third-order valence-corrected chi connectivity index (χ3v) is 7.27. The van der Waals surface area contributed by atoms with Crippen LogP contribution in [-0.4, -0.2) is 24.2 Å². The summed E-state index contributed by atoms with van der Waals surface area (Å²) in [5.74, 6) is -1.56. The molecule has 1 aromatic heterocycles. The second-order valence-electron chi connectivity index (χ2n) is 7.74. The number of rotatable bonds is 9. The number of benzene rings is 2. The van der Waals surface area contributed by atoms with Gasteiger partial charge < -0.3 is 14.8 Å². The van der Waals surface area contributed by atoms with Crippen LogP contribution in [0.3, 0.4) is 0 Å². The molecule has 34 heavy (non-hydrogen) atoms. The summed E-state index contributed by atoms with van der Waals surface area (Å²) in [5.41, 5.74) is 3.15. The number of hydrogen-bond donors (Lipinski definition) is 2. The third-order valence-electron chi connectivity index (χ3n) is 5.55. The summed E-state index contributed by atoms with van der Waals surface area (Å²) in [5, 5.41) is 5.54. The van der Waals surface area contributed by atoms with Gasteiger partial charge in [-0.2, -0.15) is 0 Å². The molecule has 0 radical (unpaired) electrons. The molecule has 0 spiro atoms. The van der Waals surface area contributed by atoms with Crippen molar-refractivity contribution in [2.75, 3.05) is 17.9 Å². The Morgan fingerprint density at radius 1 is 1.18 bits per heavy atom. The molecule has 4 rings (SSSR count). The second-order valence-corrected chi connectivity index (χ2v) is 9.71. The highest BCUT2D eigenvalue weighted by molar-refractivity contribution is 8.00. The lowest BCUT2D eigenvalue weighted by Gasteiger charge is -2.33. The van der Waals surface area contributed by atoms with Crippen molar-refractivity contribution < 1.29 is 17.9 Å². The van der Waals surface area contributed by atoms with E-state index in [0.29, 0.717) is 16.3 Å². The van der Waals surface area contributed by atoms with Gasteiger partial charge in [-0.15, -0.1) is 11.3 Å². The van der Waals surface area contributed by atoms with E-state index in [0.717, 1.165) is 43.0 Å². The lowest BCUT2D eigenvalue weighted by atomic mass is 9.80. The van der Waals surface area contributed by atoms with E-state index in [1.165, 1.54) is 29.5 Å². The molecule has 2 unspecified atom stereocenters. The molecule has 3 aromatic rings. The van der Waals surface area contributed by atoms with Crippen molar-refractivity contribution in [3.8, 4) is 5.75 Å². The highest BCUT2D eigenvalue weighted by Crippen LogP contribution is 2.37. The van der Waals surface area contributed by atoms with E-state index in [4.69, 9.17) is 16.3 Å². The molecule has 2 atom stereocenters. The molecule has 0 aliphatic heterocycles. The highest BCUT2D eigenvalue weighted by atomic mass is 35.5. The van der Waals surface area contributed by atoms with Crippen molar-refractivity contribution in [2.45, 2.75) is 30.7 Å². The smallest absolute Gasteiger partial charge is 0.159 e. The first-order valence-electron chi connectivity index (χ1n) is 10.8. The summed E-state index contributed by atoms with van der Waals surface area (Å²) in [6.07, 6.45) is 3.70. The number of aromatic nitrogens is 1. The third kappa shape index (κ3) is 5.89. The molecule has 1 aliphatic carbocycles. The van der Waals surface area contributed by atoms with Crippen LogP contribution >= 0.6 is 34.9 Å². The maximum absolute atomic E-state index is 14.7. The zero-order valence-electron chi connectivity index (χ0n) is 18.3. The molecule has 2 aromatic carbocycles. The zero-order valence-corrected chi connectivity index (χ0v) is 20.7. The van der Waals surface area contributed by atoms with Gasteiger partial charge >= 0.3 is 0 Å². The Morgan fingerprint density at radius 3 is 2.76 bits per heavy atom.